The summed E-state index contributed by atoms with van der Waals surface area (Å²) in [5, 5.41) is 9.77. The van der Waals surface area contributed by atoms with E-state index in [0.717, 1.165) is 6.07 Å². The van der Waals surface area contributed by atoms with Crippen LogP contribution in [0, 0.1) is 11.6 Å². The van der Waals surface area contributed by atoms with Gasteiger partial charge in [0.1, 0.15) is 0 Å². The van der Waals surface area contributed by atoms with E-state index in [1.54, 1.807) is 14.1 Å². The molecule has 0 aliphatic heterocycles. The van der Waals surface area contributed by atoms with Crippen LogP contribution in [-0.2, 0) is 0 Å². The van der Waals surface area contributed by atoms with Gasteiger partial charge in [-0.2, -0.15) is 0 Å². The van der Waals surface area contributed by atoms with Gasteiger partial charge >= 0.3 is 0 Å². The van der Waals surface area contributed by atoms with Crippen molar-refractivity contribution in [3.05, 3.63) is 29.3 Å². The zero-order valence-electron chi connectivity index (χ0n) is 9.37. The molecule has 0 fully saturated rings. The van der Waals surface area contributed by atoms with Gasteiger partial charge in [-0.1, -0.05) is 6.07 Å². The minimum absolute atomic E-state index is 0.0703. The molecule has 0 aliphatic carbocycles. The lowest BCUT2D eigenvalue weighted by atomic mass is 10.0. The summed E-state index contributed by atoms with van der Waals surface area (Å²) < 4.78 is 26.6. The number of nitrogens with two attached hydrogens (primary N) is 1. The summed E-state index contributed by atoms with van der Waals surface area (Å²) in [6, 6.07) is 2.39. The van der Waals surface area contributed by atoms with Gasteiger partial charge in [0.25, 0.3) is 0 Å². The topological polar surface area (TPSA) is 49.5 Å². The molecule has 1 aromatic carbocycles. The number of anilines is 1. The monoisotopic (exact) mass is 230 g/mol. The molecular weight excluding hydrogens is 214 g/mol. The van der Waals surface area contributed by atoms with Crippen molar-refractivity contribution in [1.82, 2.24) is 0 Å². The normalized spacial score (nSPS) is 12.6. The standard InChI is InChI=1S/C11H16F2N2O/c1-15(2)11-7(9(16)5-6-14)3-4-8(12)10(11)13/h3-4,9,16H,5-6,14H2,1-2H3/t9-/m0/s1. The fourth-order valence-electron chi connectivity index (χ4n) is 1.59. The van der Waals surface area contributed by atoms with Gasteiger partial charge in [-0.05, 0) is 19.0 Å². The van der Waals surface area contributed by atoms with Crippen molar-refractivity contribution in [2.75, 3.05) is 25.5 Å². The van der Waals surface area contributed by atoms with E-state index in [0.29, 0.717) is 12.0 Å². The van der Waals surface area contributed by atoms with E-state index in [-0.39, 0.29) is 12.2 Å². The number of aliphatic hydroxyl groups is 1. The van der Waals surface area contributed by atoms with Crippen LogP contribution < -0.4 is 10.6 Å². The van der Waals surface area contributed by atoms with Gasteiger partial charge in [-0.15, -0.1) is 0 Å². The van der Waals surface area contributed by atoms with Crippen molar-refractivity contribution in [2.45, 2.75) is 12.5 Å². The second-order valence-corrected chi connectivity index (χ2v) is 3.79. The molecule has 0 heterocycles. The molecule has 0 unspecified atom stereocenters. The minimum Gasteiger partial charge on any atom is -0.388 e. The number of aliphatic hydroxyl groups excluding tert-OH is 1. The first-order valence-electron chi connectivity index (χ1n) is 5.02. The SMILES string of the molecule is CN(C)c1c([C@@H](O)CCN)ccc(F)c1F. The minimum atomic E-state index is -0.946. The number of hydrogen-bond donors (Lipinski definition) is 2. The van der Waals surface area contributed by atoms with Crippen LogP contribution in [0.4, 0.5) is 14.5 Å². The number of nitrogens with zero attached hydrogens (tertiary/aromatic N) is 1. The maximum atomic E-state index is 13.6. The highest BCUT2D eigenvalue weighted by molar-refractivity contribution is 5.55. The third-order valence-electron chi connectivity index (χ3n) is 2.35. The lowest BCUT2D eigenvalue weighted by molar-refractivity contribution is 0.170. The fraction of sp³-hybridized carbons (Fsp3) is 0.455. The van der Waals surface area contributed by atoms with Crippen molar-refractivity contribution >= 4 is 5.69 Å². The van der Waals surface area contributed by atoms with Crippen LogP contribution in [0.5, 0.6) is 0 Å². The largest absolute Gasteiger partial charge is 0.388 e. The molecule has 0 saturated carbocycles. The average molecular weight is 230 g/mol. The van der Waals surface area contributed by atoms with Gasteiger partial charge in [0.15, 0.2) is 11.6 Å². The summed E-state index contributed by atoms with van der Waals surface area (Å²) >= 11 is 0. The Morgan fingerprint density at radius 3 is 2.50 bits per heavy atom. The molecule has 0 amide bonds. The average Bonchev–Trinajstić information content (AvgIpc) is 2.21. The molecular formula is C11H16F2N2O. The first kappa shape index (κ1) is 12.9. The highest BCUT2D eigenvalue weighted by Crippen LogP contribution is 2.30. The molecule has 1 rings (SSSR count). The third kappa shape index (κ3) is 2.48. The van der Waals surface area contributed by atoms with Gasteiger partial charge in [0.05, 0.1) is 11.8 Å². The molecule has 3 N–H and O–H groups in total. The molecule has 1 atom stereocenters. The van der Waals surface area contributed by atoms with Crippen molar-refractivity contribution in [3.8, 4) is 0 Å². The third-order valence-corrected chi connectivity index (χ3v) is 2.35. The van der Waals surface area contributed by atoms with Crippen LogP contribution in [0.25, 0.3) is 0 Å². The lowest BCUT2D eigenvalue weighted by Crippen LogP contribution is -2.17. The maximum absolute atomic E-state index is 13.6. The lowest BCUT2D eigenvalue weighted by Gasteiger charge is -2.21. The van der Waals surface area contributed by atoms with E-state index in [1.165, 1.54) is 11.0 Å². The molecule has 3 nitrogen and oxygen atoms in total. The summed E-state index contributed by atoms with van der Waals surface area (Å²) in [6.07, 6.45) is -0.566. The van der Waals surface area contributed by atoms with E-state index in [2.05, 4.69) is 0 Å². The summed E-state index contributed by atoms with van der Waals surface area (Å²) in [5.74, 6) is -1.87. The molecule has 0 spiro atoms. The first-order chi connectivity index (χ1) is 7.49. The molecule has 0 aliphatic rings. The van der Waals surface area contributed by atoms with Crippen molar-refractivity contribution in [1.29, 1.82) is 0 Å². The van der Waals surface area contributed by atoms with Crippen LogP contribution >= 0.6 is 0 Å². The Morgan fingerprint density at radius 2 is 2.00 bits per heavy atom. The molecule has 16 heavy (non-hydrogen) atoms. The summed E-state index contributed by atoms with van der Waals surface area (Å²) in [4.78, 5) is 1.44. The zero-order chi connectivity index (χ0) is 12.3. The smallest absolute Gasteiger partial charge is 0.182 e. The Balaban J connectivity index is 3.23. The summed E-state index contributed by atoms with van der Waals surface area (Å²) in [6.45, 7) is 0.285. The van der Waals surface area contributed by atoms with E-state index >= 15 is 0 Å². The highest BCUT2D eigenvalue weighted by Gasteiger charge is 2.19. The zero-order valence-corrected chi connectivity index (χ0v) is 9.37. The predicted octanol–water partition coefficient (Wildman–Crippen LogP) is 1.41. The number of halogens is 2. The van der Waals surface area contributed by atoms with Crippen LogP contribution in [-0.4, -0.2) is 25.7 Å². The van der Waals surface area contributed by atoms with Crippen molar-refractivity contribution < 1.29 is 13.9 Å². The van der Waals surface area contributed by atoms with Crippen molar-refractivity contribution in [3.63, 3.8) is 0 Å². The Kier molecular flexibility index (Phi) is 4.20. The Morgan fingerprint density at radius 1 is 1.38 bits per heavy atom. The van der Waals surface area contributed by atoms with Gasteiger partial charge in [-0.25, -0.2) is 8.78 Å². The number of rotatable bonds is 4. The highest BCUT2D eigenvalue weighted by atomic mass is 19.2. The quantitative estimate of drug-likeness (QED) is 0.822. The van der Waals surface area contributed by atoms with E-state index < -0.39 is 17.7 Å². The van der Waals surface area contributed by atoms with Crippen LogP contribution in [0.3, 0.4) is 0 Å². The van der Waals surface area contributed by atoms with E-state index in [4.69, 9.17) is 5.73 Å². The molecule has 0 saturated heterocycles. The van der Waals surface area contributed by atoms with Gasteiger partial charge in [0.2, 0.25) is 0 Å². The molecule has 0 radical (unpaired) electrons. The van der Waals surface area contributed by atoms with Crippen molar-refractivity contribution in [2.24, 2.45) is 5.73 Å². The maximum Gasteiger partial charge on any atom is 0.182 e. The van der Waals surface area contributed by atoms with E-state index in [1.807, 2.05) is 0 Å². The van der Waals surface area contributed by atoms with E-state index in [9.17, 15) is 13.9 Å². The second kappa shape index (κ2) is 5.23. The molecule has 90 valence electrons. The van der Waals surface area contributed by atoms with Gasteiger partial charge < -0.3 is 15.7 Å². The van der Waals surface area contributed by atoms with Crippen LogP contribution in [0.2, 0.25) is 0 Å². The van der Waals surface area contributed by atoms with Crippen LogP contribution in [0.15, 0.2) is 12.1 Å². The second-order valence-electron chi connectivity index (χ2n) is 3.79. The molecule has 5 heteroatoms. The summed E-state index contributed by atoms with van der Waals surface area (Å²) in [7, 11) is 3.19. The Bertz CT molecular complexity index is 369. The Hall–Kier alpha value is -1.20. The van der Waals surface area contributed by atoms with Crippen LogP contribution in [0.1, 0.15) is 18.1 Å². The number of hydrogen-bond acceptors (Lipinski definition) is 3. The molecule has 1 aromatic rings. The first-order valence-corrected chi connectivity index (χ1v) is 5.02. The molecule has 0 bridgehead atoms. The van der Waals surface area contributed by atoms with Gasteiger partial charge in [0, 0.05) is 19.7 Å². The fourth-order valence-corrected chi connectivity index (χ4v) is 1.59. The summed E-state index contributed by atoms with van der Waals surface area (Å²) in [5.41, 5.74) is 5.75. The Labute approximate surface area is 93.5 Å². The predicted molar refractivity (Wildman–Crippen MR) is 59.3 cm³/mol. The number of benzene rings is 1. The van der Waals surface area contributed by atoms with Gasteiger partial charge in [-0.3, -0.25) is 0 Å². The molecule has 0 aromatic heterocycles.